The Kier molecular flexibility index (Phi) is 6.39. The third kappa shape index (κ3) is 4.97. The number of methoxy groups -OCH3 is 2. The summed E-state index contributed by atoms with van der Waals surface area (Å²) in [5.41, 5.74) is 1.23. The fraction of sp³-hybridized carbons (Fsp3) is 0.263. The van der Waals surface area contributed by atoms with E-state index in [1.165, 1.54) is 6.92 Å². The average molecular weight is 342 g/mol. The van der Waals surface area contributed by atoms with Crippen LogP contribution in [0.3, 0.4) is 0 Å². The highest BCUT2D eigenvalue weighted by Gasteiger charge is 2.13. The third-order valence-corrected chi connectivity index (χ3v) is 3.70. The van der Waals surface area contributed by atoms with E-state index < -0.39 is 0 Å². The number of amides is 2. The Bertz CT molecular complexity index is 746. The fourth-order valence-corrected chi connectivity index (χ4v) is 2.39. The number of hydrogen-bond acceptors (Lipinski definition) is 4. The van der Waals surface area contributed by atoms with Crippen LogP contribution in [0.15, 0.2) is 48.5 Å². The quantitative estimate of drug-likeness (QED) is 0.839. The summed E-state index contributed by atoms with van der Waals surface area (Å²) in [6.07, 6.45) is 0. The monoisotopic (exact) mass is 342 g/mol. The number of benzene rings is 2. The van der Waals surface area contributed by atoms with Crippen molar-refractivity contribution in [3.63, 3.8) is 0 Å². The molecule has 0 aliphatic rings. The number of ether oxygens (including phenoxy) is 2. The first-order valence-corrected chi connectivity index (χ1v) is 7.89. The minimum absolute atomic E-state index is 0.108. The molecule has 0 radical (unpaired) electrons. The van der Waals surface area contributed by atoms with Crippen LogP contribution >= 0.6 is 0 Å². The SMILES string of the molecule is COc1cccc(C(=O)NCCN(C(C)=O)c2cccc(OC)c2)c1. The summed E-state index contributed by atoms with van der Waals surface area (Å²) in [7, 11) is 3.13. The maximum Gasteiger partial charge on any atom is 0.251 e. The van der Waals surface area contributed by atoms with E-state index in [9.17, 15) is 9.59 Å². The van der Waals surface area contributed by atoms with Gasteiger partial charge in [-0.15, -0.1) is 0 Å². The Morgan fingerprint density at radius 1 is 1.00 bits per heavy atom. The normalized spacial score (nSPS) is 10.0. The van der Waals surface area contributed by atoms with Gasteiger partial charge >= 0.3 is 0 Å². The molecule has 0 spiro atoms. The summed E-state index contributed by atoms with van der Waals surface area (Å²) in [5.74, 6) is 0.968. The van der Waals surface area contributed by atoms with Gasteiger partial charge in [-0.1, -0.05) is 12.1 Å². The first kappa shape index (κ1) is 18.3. The maximum absolute atomic E-state index is 12.2. The molecule has 25 heavy (non-hydrogen) atoms. The molecule has 0 bridgehead atoms. The van der Waals surface area contributed by atoms with Crippen LogP contribution in [-0.4, -0.2) is 39.1 Å². The number of carbonyl (C=O) groups excluding carboxylic acids is 2. The predicted octanol–water partition coefficient (Wildman–Crippen LogP) is 2.49. The summed E-state index contributed by atoms with van der Waals surface area (Å²) in [6.45, 7) is 2.17. The second kappa shape index (κ2) is 8.73. The van der Waals surface area contributed by atoms with Crippen molar-refractivity contribution < 1.29 is 19.1 Å². The Labute approximate surface area is 147 Å². The van der Waals surface area contributed by atoms with Gasteiger partial charge in [0.15, 0.2) is 0 Å². The molecular weight excluding hydrogens is 320 g/mol. The molecule has 2 amide bonds. The van der Waals surface area contributed by atoms with Crippen molar-refractivity contribution in [3.05, 3.63) is 54.1 Å². The molecule has 2 aromatic rings. The molecule has 0 saturated carbocycles. The van der Waals surface area contributed by atoms with E-state index >= 15 is 0 Å². The lowest BCUT2D eigenvalue weighted by atomic mass is 10.2. The molecule has 0 aliphatic carbocycles. The Balaban J connectivity index is 1.99. The molecule has 0 aliphatic heterocycles. The van der Waals surface area contributed by atoms with Crippen LogP contribution in [-0.2, 0) is 4.79 Å². The Hall–Kier alpha value is -3.02. The van der Waals surface area contributed by atoms with E-state index in [4.69, 9.17) is 9.47 Å². The Morgan fingerprint density at radius 3 is 2.28 bits per heavy atom. The molecule has 2 rings (SSSR count). The van der Waals surface area contributed by atoms with Crippen molar-refractivity contribution in [3.8, 4) is 11.5 Å². The summed E-state index contributed by atoms with van der Waals surface area (Å²) in [5, 5.41) is 2.81. The van der Waals surface area contributed by atoms with E-state index in [1.54, 1.807) is 49.5 Å². The van der Waals surface area contributed by atoms with E-state index in [0.29, 0.717) is 30.2 Å². The van der Waals surface area contributed by atoms with Gasteiger partial charge in [0.1, 0.15) is 11.5 Å². The van der Waals surface area contributed by atoms with Crippen molar-refractivity contribution in [2.75, 3.05) is 32.2 Å². The number of anilines is 1. The fourth-order valence-electron chi connectivity index (χ4n) is 2.39. The topological polar surface area (TPSA) is 67.9 Å². The highest BCUT2D eigenvalue weighted by atomic mass is 16.5. The lowest BCUT2D eigenvalue weighted by molar-refractivity contribution is -0.116. The molecule has 132 valence electrons. The average Bonchev–Trinajstić information content (AvgIpc) is 2.64. The van der Waals surface area contributed by atoms with Crippen LogP contribution in [0, 0.1) is 0 Å². The van der Waals surface area contributed by atoms with Gasteiger partial charge in [0, 0.05) is 37.3 Å². The molecule has 0 saturated heterocycles. The van der Waals surface area contributed by atoms with Gasteiger partial charge in [0.25, 0.3) is 5.91 Å². The minimum Gasteiger partial charge on any atom is -0.497 e. The molecular formula is C19H22N2O4. The lowest BCUT2D eigenvalue weighted by Crippen LogP contribution is -2.37. The summed E-state index contributed by atoms with van der Waals surface area (Å²) >= 11 is 0. The minimum atomic E-state index is -0.215. The number of nitrogens with zero attached hydrogens (tertiary/aromatic N) is 1. The maximum atomic E-state index is 12.2. The van der Waals surface area contributed by atoms with Gasteiger partial charge in [-0.05, 0) is 30.3 Å². The molecule has 1 N–H and O–H groups in total. The molecule has 6 nitrogen and oxygen atoms in total. The van der Waals surface area contributed by atoms with E-state index in [2.05, 4.69) is 5.32 Å². The van der Waals surface area contributed by atoms with Crippen molar-refractivity contribution in [2.24, 2.45) is 0 Å². The van der Waals surface area contributed by atoms with E-state index in [-0.39, 0.29) is 11.8 Å². The lowest BCUT2D eigenvalue weighted by Gasteiger charge is -2.22. The van der Waals surface area contributed by atoms with Crippen molar-refractivity contribution in [2.45, 2.75) is 6.92 Å². The molecule has 0 atom stereocenters. The van der Waals surface area contributed by atoms with Gasteiger partial charge in [-0.25, -0.2) is 0 Å². The second-order valence-corrected chi connectivity index (χ2v) is 5.36. The van der Waals surface area contributed by atoms with Crippen LogP contribution in [0.25, 0.3) is 0 Å². The molecule has 0 heterocycles. The first-order chi connectivity index (χ1) is 12.0. The van der Waals surface area contributed by atoms with Crippen LogP contribution in [0.2, 0.25) is 0 Å². The van der Waals surface area contributed by atoms with Gasteiger partial charge in [0.05, 0.1) is 14.2 Å². The zero-order valence-corrected chi connectivity index (χ0v) is 14.6. The first-order valence-electron chi connectivity index (χ1n) is 7.89. The van der Waals surface area contributed by atoms with E-state index in [0.717, 1.165) is 5.69 Å². The predicted molar refractivity (Wildman–Crippen MR) is 96.3 cm³/mol. The Morgan fingerprint density at radius 2 is 1.64 bits per heavy atom. The molecule has 2 aromatic carbocycles. The van der Waals surface area contributed by atoms with Crippen molar-refractivity contribution in [1.82, 2.24) is 5.32 Å². The van der Waals surface area contributed by atoms with Crippen LogP contribution in [0.5, 0.6) is 11.5 Å². The molecule has 6 heteroatoms. The van der Waals surface area contributed by atoms with Crippen LogP contribution in [0.4, 0.5) is 5.69 Å². The summed E-state index contributed by atoms with van der Waals surface area (Å²) in [4.78, 5) is 25.7. The van der Waals surface area contributed by atoms with Crippen LogP contribution in [0.1, 0.15) is 17.3 Å². The standard InChI is InChI=1S/C19H22N2O4/c1-14(22)21(16-7-5-9-18(13-16)25-3)11-10-20-19(23)15-6-4-8-17(12-15)24-2/h4-9,12-13H,10-11H2,1-3H3,(H,20,23). The van der Waals surface area contributed by atoms with Gasteiger partial charge in [0.2, 0.25) is 5.91 Å². The summed E-state index contributed by atoms with van der Waals surface area (Å²) < 4.78 is 10.3. The summed E-state index contributed by atoms with van der Waals surface area (Å²) in [6, 6.07) is 14.1. The van der Waals surface area contributed by atoms with E-state index in [1.807, 2.05) is 18.2 Å². The van der Waals surface area contributed by atoms with Crippen molar-refractivity contribution >= 4 is 17.5 Å². The van der Waals surface area contributed by atoms with Crippen molar-refractivity contribution in [1.29, 1.82) is 0 Å². The highest BCUT2D eigenvalue weighted by Crippen LogP contribution is 2.20. The number of carbonyl (C=O) groups is 2. The third-order valence-electron chi connectivity index (χ3n) is 3.70. The smallest absolute Gasteiger partial charge is 0.251 e. The zero-order valence-electron chi connectivity index (χ0n) is 14.6. The number of rotatable bonds is 7. The molecule has 0 unspecified atom stereocenters. The van der Waals surface area contributed by atoms with Crippen LogP contribution < -0.4 is 19.7 Å². The second-order valence-electron chi connectivity index (χ2n) is 5.36. The molecule has 0 aromatic heterocycles. The largest absolute Gasteiger partial charge is 0.497 e. The molecule has 0 fully saturated rings. The van der Waals surface area contributed by atoms with Gasteiger partial charge in [-0.3, -0.25) is 9.59 Å². The number of nitrogens with one attached hydrogen (secondary N) is 1. The van der Waals surface area contributed by atoms with Gasteiger partial charge < -0.3 is 19.7 Å². The van der Waals surface area contributed by atoms with Gasteiger partial charge in [-0.2, -0.15) is 0 Å². The highest BCUT2D eigenvalue weighted by molar-refractivity contribution is 5.95. The zero-order chi connectivity index (χ0) is 18.2. The number of hydrogen-bond donors (Lipinski definition) is 1.